The number of anilines is 1. The van der Waals surface area contributed by atoms with Crippen LogP contribution >= 0.6 is 58.1 Å². The zero-order valence-corrected chi connectivity index (χ0v) is 12.6. The third-order valence-electron chi connectivity index (χ3n) is 1.81. The van der Waals surface area contributed by atoms with Crippen molar-refractivity contribution >= 4 is 63.7 Å². The number of rotatable bonds is 3. The van der Waals surface area contributed by atoms with Gasteiger partial charge in [-0.05, 0) is 18.4 Å². The van der Waals surface area contributed by atoms with E-state index in [-0.39, 0.29) is 0 Å². The van der Waals surface area contributed by atoms with Crippen LogP contribution in [0.2, 0.25) is 10.0 Å². The molecule has 2 N–H and O–H groups in total. The minimum atomic E-state index is 0.454. The third kappa shape index (κ3) is 3.20. The van der Waals surface area contributed by atoms with Crippen molar-refractivity contribution in [2.24, 2.45) is 0 Å². The van der Waals surface area contributed by atoms with Gasteiger partial charge in [-0.3, -0.25) is 0 Å². The monoisotopic (exact) mass is 323 g/mol. The van der Waals surface area contributed by atoms with Crippen molar-refractivity contribution in [3.05, 3.63) is 22.2 Å². The highest BCUT2D eigenvalue weighted by atomic mass is 35.5. The van der Waals surface area contributed by atoms with Crippen LogP contribution < -0.4 is 5.73 Å². The van der Waals surface area contributed by atoms with Crippen LogP contribution in [0.5, 0.6) is 0 Å². The Balaban J connectivity index is 2.26. The molecule has 0 aliphatic rings. The molecule has 2 rings (SSSR count). The molecule has 0 saturated carbocycles. The van der Waals surface area contributed by atoms with Crippen molar-refractivity contribution < 1.29 is 0 Å². The lowest BCUT2D eigenvalue weighted by Crippen LogP contribution is -1.88. The molecule has 0 unspecified atom stereocenters. The van der Waals surface area contributed by atoms with Crippen LogP contribution in [-0.4, -0.2) is 16.5 Å². The van der Waals surface area contributed by atoms with E-state index in [2.05, 4.69) is 10.2 Å². The number of thioether (sulfide) groups is 1. The largest absolute Gasteiger partial charge is 0.398 e. The molecule has 1 heterocycles. The quantitative estimate of drug-likeness (QED) is 0.674. The Morgan fingerprint density at radius 1 is 1.18 bits per heavy atom. The van der Waals surface area contributed by atoms with E-state index in [4.69, 9.17) is 28.9 Å². The first kappa shape index (κ1) is 13.3. The Morgan fingerprint density at radius 3 is 2.47 bits per heavy atom. The minimum absolute atomic E-state index is 0.454. The fraction of sp³-hybridized carbons (Fsp3) is 0.111. The van der Waals surface area contributed by atoms with Crippen molar-refractivity contribution in [3.8, 4) is 0 Å². The molecule has 90 valence electrons. The van der Waals surface area contributed by atoms with Crippen LogP contribution in [0, 0.1) is 0 Å². The molecule has 17 heavy (non-hydrogen) atoms. The molecule has 0 bridgehead atoms. The summed E-state index contributed by atoms with van der Waals surface area (Å²) in [6.07, 6.45) is 1.96. The van der Waals surface area contributed by atoms with E-state index in [1.54, 1.807) is 23.9 Å². The maximum atomic E-state index is 5.95. The average molecular weight is 324 g/mol. The summed E-state index contributed by atoms with van der Waals surface area (Å²) in [4.78, 5) is 0.836. The molecule has 1 aromatic carbocycles. The highest BCUT2D eigenvalue weighted by Gasteiger charge is 2.10. The van der Waals surface area contributed by atoms with E-state index in [0.717, 1.165) is 13.6 Å². The second-order valence-corrected chi connectivity index (χ2v) is 7.08. The molecule has 2 aromatic rings. The van der Waals surface area contributed by atoms with Crippen molar-refractivity contribution in [1.29, 1.82) is 0 Å². The molecular formula is C9H7Cl2N3S3. The average Bonchev–Trinajstić information content (AvgIpc) is 2.73. The number of nitrogens with zero attached hydrogens (tertiary/aromatic N) is 2. The SMILES string of the molecule is CSc1nnc(Sc2cc(Cl)c(Cl)cc2N)s1. The normalized spacial score (nSPS) is 10.8. The second-order valence-electron chi connectivity index (χ2n) is 2.94. The summed E-state index contributed by atoms with van der Waals surface area (Å²) < 4.78 is 1.76. The molecule has 0 aliphatic carbocycles. The molecule has 3 nitrogen and oxygen atoms in total. The minimum Gasteiger partial charge on any atom is -0.398 e. The lowest BCUT2D eigenvalue weighted by Gasteiger charge is -2.04. The number of hydrogen-bond donors (Lipinski definition) is 1. The summed E-state index contributed by atoms with van der Waals surface area (Å²) in [5.41, 5.74) is 6.45. The second kappa shape index (κ2) is 5.67. The number of aromatic nitrogens is 2. The van der Waals surface area contributed by atoms with Gasteiger partial charge in [-0.15, -0.1) is 10.2 Å². The number of benzene rings is 1. The summed E-state index contributed by atoms with van der Waals surface area (Å²) in [5.74, 6) is 0. The van der Waals surface area contributed by atoms with E-state index in [9.17, 15) is 0 Å². The Kier molecular flexibility index (Phi) is 4.43. The predicted molar refractivity (Wildman–Crippen MR) is 76.7 cm³/mol. The summed E-state index contributed by atoms with van der Waals surface area (Å²) in [6, 6.07) is 3.38. The molecule has 8 heteroatoms. The first-order valence-electron chi connectivity index (χ1n) is 4.40. The van der Waals surface area contributed by atoms with Gasteiger partial charge in [0.2, 0.25) is 0 Å². The summed E-state index contributed by atoms with van der Waals surface area (Å²) in [6.45, 7) is 0. The number of hydrogen-bond acceptors (Lipinski definition) is 6. The molecule has 0 atom stereocenters. The number of halogens is 2. The van der Waals surface area contributed by atoms with Crippen molar-refractivity contribution in [1.82, 2.24) is 10.2 Å². The molecule has 0 saturated heterocycles. The topological polar surface area (TPSA) is 51.8 Å². The van der Waals surface area contributed by atoms with E-state index in [1.165, 1.54) is 23.1 Å². The van der Waals surface area contributed by atoms with Crippen LogP contribution in [0.4, 0.5) is 5.69 Å². The van der Waals surface area contributed by atoms with Gasteiger partial charge < -0.3 is 5.73 Å². The Labute approximate surface area is 121 Å². The van der Waals surface area contributed by atoms with Gasteiger partial charge >= 0.3 is 0 Å². The van der Waals surface area contributed by atoms with Crippen LogP contribution in [-0.2, 0) is 0 Å². The fourth-order valence-corrected chi connectivity index (χ4v) is 3.91. The summed E-state index contributed by atoms with van der Waals surface area (Å²) in [7, 11) is 0. The van der Waals surface area contributed by atoms with Gasteiger partial charge in [0.25, 0.3) is 0 Å². The maximum absolute atomic E-state index is 5.95. The molecule has 1 aromatic heterocycles. The van der Waals surface area contributed by atoms with E-state index >= 15 is 0 Å². The Hall–Kier alpha value is -0.140. The molecule has 0 fully saturated rings. The van der Waals surface area contributed by atoms with Crippen LogP contribution in [0.1, 0.15) is 0 Å². The predicted octanol–water partition coefficient (Wildman–Crippen LogP) is 4.30. The zero-order valence-electron chi connectivity index (χ0n) is 8.61. The first-order valence-corrected chi connectivity index (χ1v) is 8.01. The van der Waals surface area contributed by atoms with Gasteiger partial charge in [-0.1, -0.05) is 58.1 Å². The van der Waals surface area contributed by atoms with Crippen molar-refractivity contribution in [3.63, 3.8) is 0 Å². The standard InChI is InChI=1S/C9H7Cl2N3S3/c1-15-8-13-14-9(17-8)16-7-3-5(11)4(10)2-6(7)12/h2-3H,12H2,1H3. The maximum Gasteiger partial charge on any atom is 0.179 e. The first-order chi connectivity index (χ1) is 8.10. The van der Waals surface area contributed by atoms with E-state index < -0.39 is 0 Å². The lowest BCUT2D eigenvalue weighted by molar-refractivity contribution is 0.956. The van der Waals surface area contributed by atoms with Gasteiger partial charge in [0.15, 0.2) is 8.68 Å². The highest BCUT2D eigenvalue weighted by molar-refractivity contribution is 8.03. The number of nitrogens with two attached hydrogens (primary N) is 1. The Bertz CT molecular complexity index is 544. The smallest absolute Gasteiger partial charge is 0.179 e. The molecular weight excluding hydrogens is 317 g/mol. The molecule has 0 amide bonds. The summed E-state index contributed by atoms with van der Waals surface area (Å²) >= 11 is 16.3. The van der Waals surface area contributed by atoms with Crippen molar-refractivity contribution in [2.45, 2.75) is 13.6 Å². The van der Waals surface area contributed by atoms with Crippen LogP contribution in [0.15, 0.2) is 25.7 Å². The van der Waals surface area contributed by atoms with Crippen molar-refractivity contribution in [2.75, 3.05) is 12.0 Å². The Morgan fingerprint density at radius 2 is 1.82 bits per heavy atom. The summed E-state index contributed by atoms with van der Waals surface area (Å²) in [5, 5.41) is 9.00. The lowest BCUT2D eigenvalue weighted by atomic mass is 10.3. The van der Waals surface area contributed by atoms with Gasteiger partial charge in [0.1, 0.15) is 0 Å². The molecule has 0 aliphatic heterocycles. The van der Waals surface area contributed by atoms with Gasteiger partial charge in [0.05, 0.1) is 10.0 Å². The fourth-order valence-electron chi connectivity index (χ4n) is 1.05. The van der Waals surface area contributed by atoms with Gasteiger partial charge in [-0.25, -0.2) is 0 Å². The van der Waals surface area contributed by atoms with Crippen LogP contribution in [0.3, 0.4) is 0 Å². The van der Waals surface area contributed by atoms with E-state index in [1.807, 2.05) is 6.26 Å². The van der Waals surface area contributed by atoms with E-state index in [0.29, 0.717) is 15.7 Å². The van der Waals surface area contributed by atoms with Crippen LogP contribution in [0.25, 0.3) is 0 Å². The molecule has 0 spiro atoms. The zero-order chi connectivity index (χ0) is 12.4. The highest BCUT2D eigenvalue weighted by Crippen LogP contribution is 2.39. The number of nitrogen functional groups attached to an aromatic ring is 1. The third-order valence-corrected chi connectivity index (χ3v) is 5.56. The van der Waals surface area contributed by atoms with Gasteiger partial charge in [-0.2, -0.15) is 0 Å². The molecule has 0 radical (unpaired) electrons. The van der Waals surface area contributed by atoms with Gasteiger partial charge in [0, 0.05) is 10.6 Å².